The van der Waals surface area contributed by atoms with E-state index in [9.17, 15) is 4.79 Å². The van der Waals surface area contributed by atoms with E-state index in [1.54, 1.807) is 7.11 Å². The Labute approximate surface area is 99.8 Å². The van der Waals surface area contributed by atoms with Gasteiger partial charge >= 0.3 is 0 Å². The molecule has 4 heteroatoms. The number of carbonyl (C=O) groups excluding carboxylic acids is 1. The molecular formula is C13H16N2O2. The number of benzene rings is 1. The third kappa shape index (κ3) is 2.31. The number of rotatable bonds is 5. The van der Waals surface area contributed by atoms with Gasteiger partial charge in [-0.2, -0.15) is 0 Å². The van der Waals surface area contributed by atoms with Crippen molar-refractivity contribution in [3.8, 4) is 5.75 Å². The lowest BCUT2D eigenvalue weighted by atomic mass is 10.0. The van der Waals surface area contributed by atoms with Crippen LogP contribution in [-0.2, 0) is 0 Å². The Kier molecular flexibility index (Phi) is 3.44. The van der Waals surface area contributed by atoms with Crippen LogP contribution in [0.4, 0.5) is 0 Å². The van der Waals surface area contributed by atoms with Gasteiger partial charge in [0.2, 0.25) is 0 Å². The van der Waals surface area contributed by atoms with Gasteiger partial charge in [-0.3, -0.25) is 4.79 Å². The molecule has 3 N–H and O–H groups in total. The van der Waals surface area contributed by atoms with Crippen molar-refractivity contribution >= 4 is 16.7 Å². The van der Waals surface area contributed by atoms with Crippen LogP contribution in [0, 0.1) is 0 Å². The number of carbonyl (C=O) groups is 1. The fourth-order valence-electron chi connectivity index (χ4n) is 1.86. The quantitative estimate of drug-likeness (QED) is 0.776. The fraction of sp³-hybridized carbons (Fsp3) is 0.308. The topological polar surface area (TPSA) is 68.1 Å². The van der Waals surface area contributed by atoms with Crippen molar-refractivity contribution in [1.82, 2.24) is 4.98 Å². The average Bonchev–Trinajstić information content (AvgIpc) is 2.81. The lowest BCUT2D eigenvalue weighted by Crippen LogP contribution is -2.06. The zero-order valence-corrected chi connectivity index (χ0v) is 9.82. The molecule has 0 radical (unpaired) electrons. The minimum atomic E-state index is 0.0730. The molecule has 0 aliphatic heterocycles. The second-order valence-corrected chi connectivity index (χ2v) is 3.93. The number of ketones is 1. The number of ether oxygens (including phenoxy) is 1. The lowest BCUT2D eigenvalue weighted by Gasteiger charge is -2.07. The molecule has 0 spiro atoms. The highest BCUT2D eigenvalue weighted by molar-refractivity contribution is 6.02. The molecule has 90 valence electrons. The molecule has 0 unspecified atom stereocenters. The maximum Gasteiger partial charge on any atom is 0.166 e. The van der Waals surface area contributed by atoms with Gasteiger partial charge in [-0.1, -0.05) is 0 Å². The Morgan fingerprint density at radius 1 is 1.47 bits per heavy atom. The lowest BCUT2D eigenvalue weighted by molar-refractivity contribution is 0.0978. The summed E-state index contributed by atoms with van der Waals surface area (Å²) in [5.74, 6) is 0.697. The van der Waals surface area contributed by atoms with Crippen molar-refractivity contribution in [2.24, 2.45) is 5.73 Å². The third-order valence-corrected chi connectivity index (χ3v) is 2.78. The maximum absolute atomic E-state index is 12.0. The van der Waals surface area contributed by atoms with E-state index >= 15 is 0 Å². The Balaban J connectivity index is 2.39. The van der Waals surface area contributed by atoms with Gasteiger partial charge in [-0.05, 0) is 31.2 Å². The first-order chi connectivity index (χ1) is 8.26. The van der Waals surface area contributed by atoms with E-state index in [1.165, 1.54) is 0 Å². The second-order valence-electron chi connectivity index (χ2n) is 3.93. The average molecular weight is 232 g/mol. The zero-order valence-electron chi connectivity index (χ0n) is 9.82. The molecule has 1 heterocycles. The van der Waals surface area contributed by atoms with Crippen molar-refractivity contribution in [2.75, 3.05) is 13.7 Å². The number of nitrogens with one attached hydrogen (secondary N) is 1. The highest BCUT2D eigenvalue weighted by atomic mass is 16.5. The molecule has 0 amide bonds. The van der Waals surface area contributed by atoms with Gasteiger partial charge < -0.3 is 15.5 Å². The summed E-state index contributed by atoms with van der Waals surface area (Å²) >= 11 is 0. The number of H-pyrrole nitrogens is 1. The summed E-state index contributed by atoms with van der Waals surface area (Å²) in [6.07, 6.45) is 3.00. The SMILES string of the molecule is COc1cc2cc[nH]c2cc1C(=O)CCCN. The molecule has 0 atom stereocenters. The van der Waals surface area contributed by atoms with Crippen LogP contribution in [0.15, 0.2) is 24.4 Å². The first-order valence-electron chi connectivity index (χ1n) is 5.64. The number of hydrogen-bond donors (Lipinski definition) is 2. The van der Waals surface area contributed by atoms with Gasteiger partial charge in [-0.15, -0.1) is 0 Å². The summed E-state index contributed by atoms with van der Waals surface area (Å²) in [7, 11) is 1.58. The summed E-state index contributed by atoms with van der Waals surface area (Å²) < 4.78 is 5.26. The van der Waals surface area contributed by atoms with Crippen molar-refractivity contribution < 1.29 is 9.53 Å². The van der Waals surface area contributed by atoms with Crippen LogP contribution >= 0.6 is 0 Å². The Morgan fingerprint density at radius 2 is 2.29 bits per heavy atom. The Hall–Kier alpha value is -1.81. The normalized spacial score (nSPS) is 10.7. The van der Waals surface area contributed by atoms with Crippen LogP contribution in [0.5, 0.6) is 5.75 Å². The number of methoxy groups -OCH3 is 1. The molecular weight excluding hydrogens is 216 g/mol. The number of aromatic nitrogens is 1. The molecule has 0 saturated heterocycles. The number of Topliss-reactive ketones (excluding diaryl/α,β-unsaturated/α-hetero) is 1. The van der Waals surface area contributed by atoms with Crippen LogP contribution in [0.1, 0.15) is 23.2 Å². The van der Waals surface area contributed by atoms with E-state index in [-0.39, 0.29) is 5.78 Å². The van der Waals surface area contributed by atoms with Gasteiger partial charge in [0.05, 0.1) is 12.7 Å². The summed E-state index contributed by atoms with van der Waals surface area (Å²) in [6.45, 7) is 0.527. The summed E-state index contributed by atoms with van der Waals surface area (Å²) in [6, 6.07) is 5.67. The largest absolute Gasteiger partial charge is 0.496 e. The van der Waals surface area contributed by atoms with Crippen LogP contribution < -0.4 is 10.5 Å². The Bertz CT molecular complexity index is 531. The van der Waals surface area contributed by atoms with E-state index in [0.717, 1.165) is 10.9 Å². The predicted molar refractivity (Wildman–Crippen MR) is 67.5 cm³/mol. The van der Waals surface area contributed by atoms with Gasteiger partial charge in [0.25, 0.3) is 0 Å². The highest BCUT2D eigenvalue weighted by Crippen LogP contribution is 2.26. The first kappa shape index (κ1) is 11.7. The van der Waals surface area contributed by atoms with Gasteiger partial charge in [0, 0.05) is 23.5 Å². The fourth-order valence-corrected chi connectivity index (χ4v) is 1.86. The first-order valence-corrected chi connectivity index (χ1v) is 5.64. The molecule has 0 fully saturated rings. The van der Waals surface area contributed by atoms with Gasteiger partial charge in [0.1, 0.15) is 5.75 Å². The van der Waals surface area contributed by atoms with Crippen LogP contribution in [0.2, 0.25) is 0 Å². The summed E-state index contributed by atoms with van der Waals surface area (Å²) in [4.78, 5) is 15.1. The molecule has 0 saturated carbocycles. The van der Waals surface area contributed by atoms with Crippen LogP contribution in [0.25, 0.3) is 10.9 Å². The number of hydrogen-bond acceptors (Lipinski definition) is 3. The number of fused-ring (bicyclic) bond motifs is 1. The minimum absolute atomic E-state index is 0.0730. The van der Waals surface area contributed by atoms with Crippen molar-refractivity contribution in [1.29, 1.82) is 0 Å². The van der Waals surface area contributed by atoms with Crippen LogP contribution in [-0.4, -0.2) is 24.4 Å². The monoisotopic (exact) mass is 232 g/mol. The highest BCUT2D eigenvalue weighted by Gasteiger charge is 2.13. The molecule has 1 aromatic carbocycles. The molecule has 4 nitrogen and oxygen atoms in total. The molecule has 2 aromatic rings. The van der Waals surface area contributed by atoms with E-state index in [2.05, 4.69) is 4.98 Å². The predicted octanol–water partition coefficient (Wildman–Crippen LogP) is 2.10. The van der Waals surface area contributed by atoms with Crippen LogP contribution in [0.3, 0.4) is 0 Å². The van der Waals surface area contributed by atoms with Crippen molar-refractivity contribution in [3.05, 3.63) is 30.0 Å². The molecule has 0 aliphatic rings. The smallest absolute Gasteiger partial charge is 0.166 e. The summed E-state index contributed by atoms with van der Waals surface area (Å²) in [5.41, 5.74) is 6.98. The zero-order chi connectivity index (χ0) is 12.3. The van der Waals surface area contributed by atoms with Crippen molar-refractivity contribution in [2.45, 2.75) is 12.8 Å². The van der Waals surface area contributed by atoms with Gasteiger partial charge in [-0.25, -0.2) is 0 Å². The molecule has 1 aromatic heterocycles. The maximum atomic E-state index is 12.0. The molecule has 0 bridgehead atoms. The number of aromatic amines is 1. The number of nitrogens with two attached hydrogens (primary N) is 1. The molecule has 2 rings (SSSR count). The van der Waals surface area contributed by atoms with E-state index in [1.807, 2.05) is 24.4 Å². The standard InChI is InChI=1S/C13H16N2O2/c1-17-13-7-9-4-6-15-11(9)8-10(13)12(16)3-2-5-14/h4,6-8,15H,2-3,5,14H2,1H3. The minimum Gasteiger partial charge on any atom is -0.496 e. The van der Waals surface area contributed by atoms with Gasteiger partial charge in [0.15, 0.2) is 5.78 Å². The van der Waals surface area contributed by atoms with E-state index in [4.69, 9.17) is 10.5 Å². The Morgan fingerprint density at radius 3 is 3.00 bits per heavy atom. The second kappa shape index (κ2) is 5.01. The molecule has 0 aliphatic carbocycles. The van der Waals surface area contributed by atoms with Crippen molar-refractivity contribution in [3.63, 3.8) is 0 Å². The molecule has 17 heavy (non-hydrogen) atoms. The third-order valence-electron chi connectivity index (χ3n) is 2.78. The van der Waals surface area contributed by atoms with E-state index in [0.29, 0.717) is 30.7 Å². The summed E-state index contributed by atoms with van der Waals surface area (Å²) in [5, 5.41) is 1.04. The van der Waals surface area contributed by atoms with E-state index < -0.39 is 0 Å².